The minimum atomic E-state index is -0.450. The number of hydrazone groups is 1. The molecule has 2 amide bonds. The maximum absolute atomic E-state index is 12.4. The van der Waals surface area contributed by atoms with Crippen LogP contribution in [-0.2, 0) is 9.59 Å². The average molecular weight is 367 g/mol. The minimum Gasteiger partial charge on any atom is -0.497 e. The first-order chi connectivity index (χ1) is 13.1. The quantitative estimate of drug-likeness (QED) is 0.627. The van der Waals surface area contributed by atoms with E-state index in [1.165, 1.54) is 6.21 Å². The molecule has 3 rings (SSSR count). The van der Waals surface area contributed by atoms with Crippen LogP contribution < -0.4 is 19.8 Å². The second-order valence-corrected chi connectivity index (χ2v) is 6.08. The maximum Gasteiger partial charge on any atom is 0.245 e. The third-order valence-corrected chi connectivity index (χ3v) is 4.40. The minimum absolute atomic E-state index is 0.0889. The number of methoxy groups -OCH3 is 2. The van der Waals surface area contributed by atoms with Crippen LogP contribution in [0.3, 0.4) is 0 Å². The lowest BCUT2D eigenvalue weighted by atomic mass is 10.1. The molecule has 1 atom stereocenters. The van der Waals surface area contributed by atoms with E-state index in [0.717, 1.165) is 11.3 Å². The second-order valence-electron chi connectivity index (χ2n) is 6.08. The highest BCUT2D eigenvalue weighted by molar-refractivity contribution is 6.00. The van der Waals surface area contributed by atoms with Crippen molar-refractivity contribution in [2.24, 2.45) is 11.0 Å². The Labute approximate surface area is 157 Å². The molecule has 7 nitrogen and oxygen atoms in total. The molecule has 2 aromatic rings. The molecule has 0 radical (unpaired) electrons. The summed E-state index contributed by atoms with van der Waals surface area (Å²) < 4.78 is 10.4. The fourth-order valence-electron chi connectivity index (χ4n) is 2.92. The molecule has 0 aliphatic carbocycles. The molecule has 1 aliphatic rings. The van der Waals surface area contributed by atoms with Crippen molar-refractivity contribution in [3.63, 3.8) is 0 Å². The normalized spacial score (nSPS) is 16.6. The highest BCUT2D eigenvalue weighted by Gasteiger charge is 2.35. The van der Waals surface area contributed by atoms with Crippen LogP contribution in [0, 0.1) is 5.92 Å². The highest BCUT2D eigenvalue weighted by atomic mass is 16.5. The van der Waals surface area contributed by atoms with E-state index in [-0.39, 0.29) is 18.2 Å². The van der Waals surface area contributed by atoms with Crippen molar-refractivity contribution in [1.82, 2.24) is 5.43 Å². The van der Waals surface area contributed by atoms with Gasteiger partial charge in [0.05, 0.1) is 26.4 Å². The zero-order valence-electron chi connectivity index (χ0n) is 15.2. The molecule has 27 heavy (non-hydrogen) atoms. The molecule has 1 heterocycles. The molecule has 0 bridgehead atoms. The summed E-state index contributed by atoms with van der Waals surface area (Å²) in [6.45, 7) is 0.321. The number of carbonyl (C=O) groups is 2. The SMILES string of the molecule is COc1ccc(N2C[C@H](C(=O)N/N=C/c3ccccc3OC)CC2=O)cc1. The van der Waals surface area contributed by atoms with Gasteiger partial charge in [0.2, 0.25) is 11.8 Å². The van der Waals surface area contributed by atoms with E-state index < -0.39 is 5.92 Å². The van der Waals surface area contributed by atoms with Crippen molar-refractivity contribution >= 4 is 23.7 Å². The van der Waals surface area contributed by atoms with Crippen molar-refractivity contribution in [3.8, 4) is 11.5 Å². The van der Waals surface area contributed by atoms with E-state index in [9.17, 15) is 9.59 Å². The van der Waals surface area contributed by atoms with Gasteiger partial charge in [-0.1, -0.05) is 12.1 Å². The number of nitrogens with zero attached hydrogens (tertiary/aromatic N) is 2. The number of para-hydroxylation sites is 1. The molecule has 1 fully saturated rings. The van der Waals surface area contributed by atoms with Crippen molar-refractivity contribution in [3.05, 3.63) is 54.1 Å². The molecular weight excluding hydrogens is 346 g/mol. The second kappa shape index (κ2) is 8.35. The number of hydrogen-bond acceptors (Lipinski definition) is 5. The molecule has 0 spiro atoms. The lowest BCUT2D eigenvalue weighted by molar-refractivity contribution is -0.126. The van der Waals surface area contributed by atoms with E-state index in [2.05, 4.69) is 10.5 Å². The van der Waals surface area contributed by atoms with E-state index in [1.807, 2.05) is 24.3 Å². The van der Waals surface area contributed by atoms with E-state index in [4.69, 9.17) is 9.47 Å². The Kier molecular flexibility index (Phi) is 5.71. The molecule has 1 N–H and O–H groups in total. The predicted octanol–water partition coefficient (Wildman–Crippen LogP) is 2.21. The van der Waals surface area contributed by atoms with Crippen LogP contribution >= 0.6 is 0 Å². The molecule has 2 aromatic carbocycles. The zero-order chi connectivity index (χ0) is 19.2. The Morgan fingerprint density at radius 2 is 1.89 bits per heavy atom. The lowest BCUT2D eigenvalue weighted by Gasteiger charge is -2.16. The molecule has 0 saturated carbocycles. The van der Waals surface area contributed by atoms with Gasteiger partial charge in [-0.05, 0) is 36.4 Å². The lowest BCUT2D eigenvalue weighted by Crippen LogP contribution is -2.30. The van der Waals surface area contributed by atoms with Gasteiger partial charge in [0.15, 0.2) is 0 Å². The van der Waals surface area contributed by atoms with Crippen LogP contribution in [0.15, 0.2) is 53.6 Å². The van der Waals surface area contributed by atoms with Gasteiger partial charge in [-0.2, -0.15) is 5.10 Å². The summed E-state index contributed by atoms with van der Waals surface area (Å²) in [7, 11) is 3.16. The molecule has 0 unspecified atom stereocenters. The van der Waals surface area contributed by atoms with Gasteiger partial charge in [-0.15, -0.1) is 0 Å². The van der Waals surface area contributed by atoms with E-state index >= 15 is 0 Å². The Balaban J connectivity index is 1.61. The number of benzene rings is 2. The molecule has 140 valence electrons. The van der Waals surface area contributed by atoms with Crippen LogP contribution in [0.2, 0.25) is 0 Å². The number of amides is 2. The fraction of sp³-hybridized carbons (Fsp3) is 0.250. The van der Waals surface area contributed by atoms with Crippen LogP contribution in [0.5, 0.6) is 11.5 Å². The summed E-state index contributed by atoms with van der Waals surface area (Å²) in [5.74, 6) is 0.552. The number of rotatable bonds is 6. The molecular formula is C20H21N3O4. The average Bonchev–Trinajstić information content (AvgIpc) is 3.10. The molecule has 1 saturated heterocycles. The summed E-state index contributed by atoms with van der Waals surface area (Å²) in [5.41, 5.74) is 4.01. The standard InChI is InChI=1S/C20H21N3O4/c1-26-17-9-7-16(8-10-17)23-13-15(11-19(23)24)20(25)22-21-12-14-5-3-4-6-18(14)27-2/h3-10,12,15H,11,13H2,1-2H3,(H,22,25)/b21-12+/t15-/m1/s1. The number of nitrogens with one attached hydrogen (secondary N) is 1. The predicted molar refractivity (Wildman–Crippen MR) is 102 cm³/mol. The largest absolute Gasteiger partial charge is 0.497 e. The van der Waals surface area contributed by atoms with Gasteiger partial charge < -0.3 is 14.4 Å². The van der Waals surface area contributed by atoms with Crippen molar-refractivity contribution < 1.29 is 19.1 Å². The van der Waals surface area contributed by atoms with Crippen LogP contribution in [0.25, 0.3) is 0 Å². The first-order valence-electron chi connectivity index (χ1n) is 8.52. The third-order valence-electron chi connectivity index (χ3n) is 4.40. The Morgan fingerprint density at radius 3 is 2.59 bits per heavy atom. The highest BCUT2D eigenvalue weighted by Crippen LogP contribution is 2.26. The summed E-state index contributed by atoms with van der Waals surface area (Å²) in [6, 6.07) is 14.5. The Hall–Kier alpha value is -3.35. The van der Waals surface area contributed by atoms with Gasteiger partial charge in [0.25, 0.3) is 0 Å². The van der Waals surface area contributed by atoms with Crippen molar-refractivity contribution in [2.45, 2.75) is 6.42 Å². The summed E-state index contributed by atoms with van der Waals surface area (Å²) >= 11 is 0. The number of hydrogen-bond donors (Lipinski definition) is 1. The van der Waals surface area contributed by atoms with Crippen molar-refractivity contribution in [1.29, 1.82) is 0 Å². The third kappa shape index (κ3) is 4.25. The van der Waals surface area contributed by atoms with Crippen molar-refractivity contribution in [2.75, 3.05) is 25.7 Å². The summed E-state index contributed by atoms with van der Waals surface area (Å²) in [5, 5.41) is 3.99. The zero-order valence-corrected chi connectivity index (χ0v) is 15.2. The van der Waals surface area contributed by atoms with Gasteiger partial charge in [-0.25, -0.2) is 5.43 Å². The van der Waals surface area contributed by atoms with Crippen LogP contribution in [0.1, 0.15) is 12.0 Å². The topological polar surface area (TPSA) is 80.2 Å². The number of carbonyl (C=O) groups excluding carboxylic acids is 2. The first kappa shape index (κ1) is 18.4. The van der Waals surface area contributed by atoms with E-state index in [1.54, 1.807) is 43.4 Å². The fourth-order valence-corrected chi connectivity index (χ4v) is 2.92. The molecule has 7 heteroatoms. The van der Waals surface area contributed by atoms with Gasteiger partial charge >= 0.3 is 0 Å². The maximum atomic E-state index is 12.4. The molecule has 0 aromatic heterocycles. The number of anilines is 1. The first-order valence-corrected chi connectivity index (χ1v) is 8.52. The smallest absolute Gasteiger partial charge is 0.245 e. The van der Waals surface area contributed by atoms with E-state index in [0.29, 0.717) is 18.0 Å². The summed E-state index contributed by atoms with van der Waals surface area (Å²) in [4.78, 5) is 26.2. The van der Waals surface area contributed by atoms with Gasteiger partial charge in [-0.3, -0.25) is 9.59 Å². The summed E-state index contributed by atoms with van der Waals surface area (Å²) in [6.07, 6.45) is 1.68. The van der Waals surface area contributed by atoms with Crippen LogP contribution in [0.4, 0.5) is 5.69 Å². The van der Waals surface area contributed by atoms with Gasteiger partial charge in [0.1, 0.15) is 11.5 Å². The van der Waals surface area contributed by atoms with Gasteiger partial charge in [0, 0.05) is 24.2 Å². The van der Waals surface area contributed by atoms with Crippen LogP contribution in [-0.4, -0.2) is 38.8 Å². The Morgan fingerprint density at radius 1 is 1.15 bits per heavy atom. The monoisotopic (exact) mass is 367 g/mol. The Bertz CT molecular complexity index is 849. The molecule has 1 aliphatic heterocycles. The number of ether oxygens (including phenoxy) is 2.